The molecule has 1 aromatic rings. The highest BCUT2D eigenvalue weighted by molar-refractivity contribution is 5.08. The lowest BCUT2D eigenvalue weighted by molar-refractivity contribution is 0.211. The molecule has 0 radical (unpaired) electrons. The molecular formula is C11H18N6. The average Bonchev–Trinajstić information content (AvgIpc) is 2.77. The van der Waals surface area contributed by atoms with Crippen LogP contribution in [0.5, 0.6) is 0 Å². The lowest BCUT2D eigenvalue weighted by Gasteiger charge is -2.31. The van der Waals surface area contributed by atoms with Gasteiger partial charge in [-0.3, -0.25) is 4.68 Å². The summed E-state index contributed by atoms with van der Waals surface area (Å²) >= 11 is 0. The molecule has 1 aliphatic heterocycles. The average molecular weight is 234 g/mol. The molecular weight excluding hydrogens is 216 g/mol. The molecule has 2 heterocycles. The van der Waals surface area contributed by atoms with Crippen LogP contribution in [0.1, 0.15) is 24.5 Å². The second kappa shape index (κ2) is 5.70. The monoisotopic (exact) mass is 234 g/mol. The SMILES string of the molecule is Cn1ccc([C@@H]2CCCN(CCN=[N+]=[N-])C2)n1. The Balaban J connectivity index is 1.90. The second-order valence-corrected chi connectivity index (χ2v) is 4.51. The Morgan fingerprint density at radius 1 is 1.65 bits per heavy atom. The van der Waals surface area contributed by atoms with Crippen LogP contribution < -0.4 is 0 Å². The summed E-state index contributed by atoms with van der Waals surface area (Å²) in [4.78, 5) is 5.14. The van der Waals surface area contributed by atoms with E-state index in [0.717, 1.165) is 19.6 Å². The van der Waals surface area contributed by atoms with E-state index in [4.69, 9.17) is 5.53 Å². The van der Waals surface area contributed by atoms with Crippen molar-refractivity contribution < 1.29 is 0 Å². The summed E-state index contributed by atoms with van der Waals surface area (Å²) in [6.07, 6.45) is 4.39. The highest BCUT2D eigenvalue weighted by atomic mass is 15.3. The molecule has 0 amide bonds. The highest BCUT2D eigenvalue weighted by Crippen LogP contribution is 2.25. The van der Waals surface area contributed by atoms with Crippen LogP contribution in [-0.2, 0) is 7.05 Å². The van der Waals surface area contributed by atoms with Gasteiger partial charge in [0.25, 0.3) is 0 Å². The quantitative estimate of drug-likeness (QED) is 0.453. The molecule has 0 saturated carbocycles. The maximum atomic E-state index is 8.26. The number of hydrogen-bond acceptors (Lipinski definition) is 3. The highest BCUT2D eigenvalue weighted by Gasteiger charge is 2.22. The molecule has 0 N–H and O–H groups in total. The summed E-state index contributed by atoms with van der Waals surface area (Å²) in [6.45, 7) is 3.54. The van der Waals surface area contributed by atoms with Gasteiger partial charge in [-0.05, 0) is 31.0 Å². The fourth-order valence-corrected chi connectivity index (χ4v) is 2.38. The lowest BCUT2D eigenvalue weighted by atomic mass is 9.95. The summed E-state index contributed by atoms with van der Waals surface area (Å²) in [5.74, 6) is 0.524. The van der Waals surface area contributed by atoms with Gasteiger partial charge in [0.1, 0.15) is 0 Å². The van der Waals surface area contributed by atoms with Crippen molar-refractivity contribution in [3.63, 3.8) is 0 Å². The Morgan fingerprint density at radius 3 is 3.24 bits per heavy atom. The molecule has 1 fully saturated rings. The predicted octanol–water partition coefficient (Wildman–Crippen LogP) is 1.91. The standard InChI is InChI=1S/C11H18N6/c1-16-7-4-11(14-16)10-3-2-6-17(9-10)8-5-13-15-12/h4,7,10H,2-3,5-6,8-9H2,1H3/t10-/m1/s1. The van der Waals surface area contributed by atoms with E-state index in [9.17, 15) is 0 Å². The minimum atomic E-state index is 0.524. The minimum Gasteiger partial charge on any atom is -0.303 e. The molecule has 0 spiro atoms. The van der Waals surface area contributed by atoms with Gasteiger partial charge in [0, 0.05) is 43.7 Å². The van der Waals surface area contributed by atoms with Crippen LogP contribution in [0.25, 0.3) is 10.4 Å². The zero-order chi connectivity index (χ0) is 12.1. The second-order valence-electron chi connectivity index (χ2n) is 4.51. The third-order valence-corrected chi connectivity index (χ3v) is 3.24. The van der Waals surface area contributed by atoms with Gasteiger partial charge in [-0.1, -0.05) is 5.11 Å². The summed E-state index contributed by atoms with van der Waals surface area (Å²) in [5.41, 5.74) is 9.44. The van der Waals surface area contributed by atoms with Crippen LogP contribution in [0.15, 0.2) is 17.4 Å². The fourth-order valence-electron chi connectivity index (χ4n) is 2.38. The van der Waals surface area contributed by atoms with Gasteiger partial charge in [0.2, 0.25) is 0 Å². The first-order valence-electron chi connectivity index (χ1n) is 6.02. The third-order valence-electron chi connectivity index (χ3n) is 3.24. The minimum absolute atomic E-state index is 0.524. The first-order chi connectivity index (χ1) is 8.29. The van der Waals surface area contributed by atoms with E-state index < -0.39 is 0 Å². The number of hydrogen-bond donors (Lipinski definition) is 0. The summed E-state index contributed by atoms with van der Waals surface area (Å²) in [7, 11) is 1.95. The molecule has 92 valence electrons. The molecule has 6 heteroatoms. The van der Waals surface area contributed by atoms with Gasteiger partial charge in [0.15, 0.2) is 0 Å². The van der Waals surface area contributed by atoms with E-state index in [1.165, 1.54) is 18.5 Å². The summed E-state index contributed by atoms with van der Waals surface area (Å²) < 4.78 is 1.86. The molecule has 1 aromatic heterocycles. The number of aryl methyl sites for hydroxylation is 1. The Labute approximate surface area is 101 Å². The van der Waals surface area contributed by atoms with Gasteiger partial charge < -0.3 is 4.90 Å². The fraction of sp³-hybridized carbons (Fsp3) is 0.727. The zero-order valence-electron chi connectivity index (χ0n) is 10.2. The molecule has 1 aliphatic rings. The number of aromatic nitrogens is 2. The first-order valence-corrected chi connectivity index (χ1v) is 6.02. The molecule has 1 atom stereocenters. The summed E-state index contributed by atoms with van der Waals surface area (Å²) in [5, 5.41) is 8.06. The third kappa shape index (κ3) is 3.22. The van der Waals surface area contributed by atoms with E-state index >= 15 is 0 Å². The molecule has 2 rings (SSSR count). The van der Waals surface area contributed by atoms with E-state index in [1.807, 2.05) is 17.9 Å². The molecule has 0 aromatic carbocycles. The topological polar surface area (TPSA) is 69.8 Å². The molecule has 17 heavy (non-hydrogen) atoms. The lowest BCUT2D eigenvalue weighted by Crippen LogP contribution is -2.36. The molecule has 0 aliphatic carbocycles. The maximum absolute atomic E-state index is 8.26. The number of piperidine rings is 1. The largest absolute Gasteiger partial charge is 0.303 e. The van der Waals surface area contributed by atoms with E-state index in [-0.39, 0.29) is 0 Å². The van der Waals surface area contributed by atoms with Crippen molar-refractivity contribution >= 4 is 0 Å². The van der Waals surface area contributed by atoms with Gasteiger partial charge in [-0.25, -0.2) is 0 Å². The van der Waals surface area contributed by atoms with Crippen molar-refractivity contribution in [3.8, 4) is 0 Å². The van der Waals surface area contributed by atoms with Gasteiger partial charge in [-0.15, -0.1) is 0 Å². The maximum Gasteiger partial charge on any atom is 0.0668 e. The predicted molar refractivity (Wildman–Crippen MR) is 65.6 cm³/mol. The molecule has 0 unspecified atom stereocenters. The Bertz CT molecular complexity index is 406. The van der Waals surface area contributed by atoms with Gasteiger partial charge >= 0.3 is 0 Å². The van der Waals surface area contributed by atoms with Crippen molar-refractivity contribution in [3.05, 3.63) is 28.4 Å². The van der Waals surface area contributed by atoms with Crippen LogP contribution in [0.2, 0.25) is 0 Å². The van der Waals surface area contributed by atoms with Crippen LogP contribution >= 0.6 is 0 Å². The number of nitrogens with zero attached hydrogens (tertiary/aromatic N) is 6. The molecule has 0 bridgehead atoms. The number of likely N-dealkylation sites (tertiary alicyclic amines) is 1. The van der Waals surface area contributed by atoms with Crippen LogP contribution in [0, 0.1) is 0 Å². The first kappa shape index (κ1) is 12.0. The Morgan fingerprint density at radius 2 is 2.53 bits per heavy atom. The van der Waals surface area contributed by atoms with Gasteiger partial charge in [-0.2, -0.15) is 5.10 Å². The van der Waals surface area contributed by atoms with Gasteiger partial charge in [0.05, 0.1) is 5.69 Å². The summed E-state index contributed by atoms with van der Waals surface area (Å²) in [6, 6.07) is 2.10. The Kier molecular flexibility index (Phi) is 4.01. The van der Waals surface area contributed by atoms with E-state index in [0.29, 0.717) is 12.5 Å². The van der Waals surface area contributed by atoms with Crippen molar-refractivity contribution in [2.45, 2.75) is 18.8 Å². The van der Waals surface area contributed by atoms with E-state index in [1.54, 1.807) is 0 Å². The molecule has 1 saturated heterocycles. The molecule has 6 nitrogen and oxygen atoms in total. The van der Waals surface area contributed by atoms with Crippen LogP contribution in [-0.4, -0.2) is 40.9 Å². The van der Waals surface area contributed by atoms with Crippen LogP contribution in [0.4, 0.5) is 0 Å². The normalized spacial score (nSPS) is 21.1. The van der Waals surface area contributed by atoms with E-state index in [2.05, 4.69) is 26.1 Å². The number of rotatable bonds is 4. The van der Waals surface area contributed by atoms with Crippen molar-refractivity contribution in [2.75, 3.05) is 26.2 Å². The zero-order valence-corrected chi connectivity index (χ0v) is 10.2. The van der Waals surface area contributed by atoms with Crippen molar-refractivity contribution in [1.82, 2.24) is 14.7 Å². The Hall–Kier alpha value is -1.52. The van der Waals surface area contributed by atoms with Crippen molar-refractivity contribution in [2.24, 2.45) is 12.2 Å². The van der Waals surface area contributed by atoms with Crippen molar-refractivity contribution in [1.29, 1.82) is 0 Å². The van der Waals surface area contributed by atoms with Crippen LogP contribution in [0.3, 0.4) is 0 Å². The smallest absolute Gasteiger partial charge is 0.0668 e. The number of azide groups is 1.